The SMILES string of the molecule is CC(C)C1CCC(O)(Cc2cc(Cl)cc3c2OCC3)CC1. The lowest BCUT2D eigenvalue weighted by atomic mass is 9.72. The predicted molar refractivity (Wildman–Crippen MR) is 86.1 cm³/mol. The third kappa shape index (κ3) is 3.22. The Kier molecular flexibility index (Phi) is 4.20. The normalized spacial score (nSPS) is 28.5. The maximum absolute atomic E-state index is 10.9. The van der Waals surface area contributed by atoms with Gasteiger partial charge in [0, 0.05) is 17.9 Å². The summed E-state index contributed by atoms with van der Waals surface area (Å²) in [6.07, 6.45) is 5.61. The molecule has 2 aliphatic rings. The molecule has 1 aromatic carbocycles. The summed E-state index contributed by atoms with van der Waals surface area (Å²) in [6, 6.07) is 3.96. The van der Waals surface area contributed by atoms with E-state index in [0.717, 1.165) is 61.0 Å². The molecule has 21 heavy (non-hydrogen) atoms. The summed E-state index contributed by atoms with van der Waals surface area (Å²) >= 11 is 6.22. The van der Waals surface area contributed by atoms with Gasteiger partial charge >= 0.3 is 0 Å². The predicted octanol–water partition coefficient (Wildman–Crippen LogP) is 4.39. The van der Waals surface area contributed by atoms with Gasteiger partial charge in [0.05, 0.1) is 12.2 Å². The van der Waals surface area contributed by atoms with E-state index in [2.05, 4.69) is 13.8 Å². The van der Waals surface area contributed by atoms with Gasteiger partial charge in [-0.1, -0.05) is 25.4 Å². The van der Waals surface area contributed by atoms with E-state index in [1.807, 2.05) is 12.1 Å². The van der Waals surface area contributed by atoms with Gasteiger partial charge in [0.2, 0.25) is 0 Å². The number of ether oxygens (including phenoxy) is 1. The van der Waals surface area contributed by atoms with Crippen molar-refractivity contribution in [2.24, 2.45) is 11.8 Å². The number of rotatable bonds is 3. The fraction of sp³-hybridized carbons (Fsp3) is 0.667. The Morgan fingerprint density at radius 2 is 2.05 bits per heavy atom. The molecule has 1 fully saturated rings. The van der Waals surface area contributed by atoms with Crippen LogP contribution in [-0.4, -0.2) is 17.3 Å². The highest BCUT2D eigenvalue weighted by atomic mass is 35.5. The molecule has 1 aliphatic carbocycles. The standard InChI is InChI=1S/C18H25ClO2/c1-12(2)13-3-6-18(20,7-4-13)11-15-10-16(19)9-14-5-8-21-17(14)15/h9-10,12-13,20H,3-8,11H2,1-2H3. The first kappa shape index (κ1) is 15.2. The number of hydrogen-bond acceptors (Lipinski definition) is 2. The lowest BCUT2D eigenvalue weighted by Crippen LogP contribution is -2.37. The molecule has 0 bridgehead atoms. The molecule has 1 N–H and O–H groups in total. The maximum Gasteiger partial charge on any atom is 0.126 e. The van der Waals surface area contributed by atoms with E-state index in [1.165, 1.54) is 5.56 Å². The summed E-state index contributed by atoms with van der Waals surface area (Å²) in [5, 5.41) is 11.7. The molecule has 116 valence electrons. The van der Waals surface area contributed by atoms with Crippen LogP contribution in [0.25, 0.3) is 0 Å². The van der Waals surface area contributed by atoms with E-state index in [4.69, 9.17) is 16.3 Å². The highest BCUT2D eigenvalue weighted by Gasteiger charge is 2.35. The van der Waals surface area contributed by atoms with E-state index in [-0.39, 0.29) is 0 Å². The molecule has 0 saturated heterocycles. The molecular formula is C18H25ClO2. The Morgan fingerprint density at radius 3 is 2.71 bits per heavy atom. The Balaban J connectivity index is 1.75. The van der Waals surface area contributed by atoms with E-state index in [0.29, 0.717) is 12.3 Å². The van der Waals surface area contributed by atoms with Gasteiger partial charge in [0.1, 0.15) is 5.75 Å². The van der Waals surface area contributed by atoms with Crippen molar-refractivity contribution in [1.82, 2.24) is 0 Å². The topological polar surface area (TPSA) is 29.5 Å². The van der Waals surface area contributed by atoms with Gasteiger partial charge in [-0.15, -0.1) is 0 Å². The second kappa shape index (κ2) is 5.81. The van der Waals surface area contributed by atoms with Crippen molar-refractivity contribution in [2.45, 2.75) is 58.0 Å². The number of aliphatic hydroxyl groups is 1. The maximum atomic E-state index is 10.9. The average Bonchev–Trinajstić information content (AvgIpc) is 2.87. The molecule has 0 radical (unpaired) electrons. The van der Waals surface area contributed by atoms with E-state index >= 15 is 0 Å². The van der Waals surface area contributed by atoms with E-state index in [1.54, 1.807) is 0 Å². The van der Waals surface area contributed by atoms with Crippen LogP contribution in [0.15, 0.2) is 12.1 Å². The Labute approximate surface area is 132 Å². The Bertz CT molecular complexity index is 516. The first-order valence-corrected chi connectivity index (χ1v) is 8.51. The minimum atomic E-state index is -0.588. The molecular weight excluding hydrogens is 284 g/mol. The van der Waals surface area contributed by atoms with E-state index < -0.39 is 5.60 Å². The fourth-order valence-electron chi connectivity index (χ4n) is 3.85. The van der Waals surface area contributed by atoms with Gasteiger partial charge in [0.15, 0.2) is 0 Å². The van der Waals surface area contributed by atoms with Crippen LogP contribution >= 0.6 is 11.6 Å². The molecule has 0 amide bonds. The molecule has 0 unspecified atom stereocenters. The summed E-state index contributed by atoms with van der Waals surface area (Å²) in [5.74, 6) is 2.44. The third-order valence-corrected chi connectivity index (χ3v) is 5.47. The summed E-state index contributed by atoms with van der Waals surface area (Å²) in [7, 11) is 0. The highest BCUT2D eigenvalue weighted by molar-refractivity contribution is 6.30. The number of halogens is 1. The van der Waals surface area contributed by atoms with Crippen molar-refractivity contribution in [2.75, 3.05) is 6.61 Å². The zero-order valence-corrected chi connectivity index (χ0v) is 13.7. The minimum Gasteiger partial charge on any atom is -0.493 e. The average molecular weight is 309 g/mol. The van der Waals surface area contributed by atoms with Crippen LogP contribution in [-0.2, 0) is 12.8 Å². The van der Waals surface area contributed by atoms with Crippen LogP contribution in [0.2, 0.25) is 5.02 Å². The van der Waals surface area contributed by atoms with Gasteiger partial charge in [-0.3, -0.25) is 0 Å². The van der Waals surface area contributed by atoms with Gasteiger partial charge < -0.3 is 9.84 Å². The zero-order chi connectivity index (χ0) is 15.0. The minimum absolute atomic E-state index is 0.588. The molecule has 0 aromatic heterocycles. The molecule has 3 rings (SSSR count). The van der Waals surface area contributed by atoms with Crippen LogP contribution in [0, 0.1) is 11.8 Å². The summed E-state index contributed by atoms with van der Waals surface area (Å²) in [4.78, 5) is 0. The smallest absolute Gasteiger partial charge is 0.126 e. The fourth-order valence-corrected chi connectivity index (χ4v) is 4.12. The first-order valence-electron chi connectivity index (χ1n) is 8.13. The van der Waals surface area contributed by atoms with Crippen LogP contribution < -0.4 is 4.74 Å². The van der Waals surface area contributed by atoms with Gasteiger partial charge in [0.25, 0.3) is 0 Å². The second-order valence-corrected chi connectivity index (χ2v) is 7.57. The molecule has 1 heterocycles. The monoisotopic (exact) mass is 308 g/mol. The van der Waals surface area contributed by atoms with Gasteiger partial charge in [-0.2, -0.15) is 0 Å². The zero-order valence-electron chi connectivity index (χ0n) is 13.0. The van der Waals surface area contributed by atoms with Crippen molar-refractivity contribution in [3.8, 4) is 5.75 Å². The van der Waals surface area contributed by atoms with Gasteiger partial charge in [-0.05, 0) is 60.8 Å². The quantitative estimate of drug-likeness (QED) is 0.897. The summed E-state index contributed by atoms with van der Waals surface area (Å²) in [6.45, 7) is 5.30. The Morgan fingerprint density at radius 1 is 1.33 bits per heavy atom. The number of benzene rings is 1. The van der Waals surface area contributed by atoms with Crippen molar-refractivity contribution < 1.29 is 9.84 Å². The first-order chi connectivity index (χ1) is 9.97. The van der Waals surface area contributed by atoms with Crippen LogP contribution in [0.1, 0.15) is 50.7 Å². The van der Waals surface area contributed by atoms with Crippen molar-refractivity contribution in [3.05, 3.63) is 28.3 Å². The summed E-state index contributed by atoms with van der Waals surface area (Å²) < 4.78 is 5.76. The molecule has 1 aromatic rings. The number of hydrogen-bond donors (Lipinski definition) is 1. The molecule has 1 aliphatic heterocycles. The number of fused-ring (bicyclic) bond motifs is 1. The summed E-state index contributed by atoms with van der Waals surface area (Å²) in [5.41, 5.74) is 1.69. The lowest BCUT2D eigenvalue weighted by molar-refractivity contribution is -0.0150. The van der Waals surface area contributed by atoms with Gasteiger partial charge in [-0.25, -0.2) is 0 Å². The van der Waals surface area contributed by atoms with E-state index in [9.17, 15) is 5.11 Å². The largest absolute Gasteiger partial charge is 0.493 e. The molecule has 0 spiro atoms. The molecule has 0 atom stereocenters. The van der Waals surface area contributed by atoms with Crippen LogP contribution in [0.3, 0.4) is 0 Å². The van der Waals surface area contributed by atoms with Crippen molar-refractivity contribution in [1.29, 1.82) is 0 Å². The Hall–Kier alpha value is -0.730. The third-order valence-electron chi connectivity index (χ3n) is 5.25. The molecule has 3 heteroatoms. The molecule has 2 nitrogen and oxygen atoms in total. The second-order valence-electron chi connectivity index (χ2n) is 7.13. The highest BCUT2D eigenvalue weighted by Crippen LogP contribution is 2.41. The lowest BCUT2D eigenvalue weighted by Gasteiger charge is -2.38. The van der Waals surface area contributed by atoms with Crippen LogP contribution in [0.4, 0.5) is 0 Å². The van der Waals surface area contributed by atoms with Crippen LogP contribution in [0.5, 0.6) is 5.75 Å². The van der Waals surface area contributed by atoms with Crippen molar-refractivity contribution in [3.63, 3.8) is 0 Å². The molecule has 1 saturated carbocycles. The van der Waals surface area contributed by atoms with Crippen molar-refractivity contribution >= 4 is 11.6 Å².